The maximum atomic E-state index is 13.8. The molecule has 1 heterocycles. The van der Waals surface area contributed by atoms with E-state index in [1.807, 2.05) is 0 Å². The first-order chi connectivity index (χ1) is 13.8. The van der Waals surface area contributed by atoms with Gasteiger partial charge in [-0.3, -0.25) is 25.2 Å². The molecular formula is C18H13BrFN3O4S2. The van der Waals surface area contributed by atoms with Gasteiger partial charge >= 0.3 is 0 Å². The van der Waals surface area contributed by atoms with Crippen molar-refractivity contribution in [3.05, 3.63) is 81.4 Å². The summed E-state index contributed by atoms with van der Waals surface area (Å²) in [5.74, 6) is -2.41. The van der Waals surface area contributed by atoms with Crippen molar-refractivity contribution < 1.29 is 22.4 Å². The SMILES string of the molecule is O=C(NNC(=O)c1ccccc1NS(=O)(=O)c1cccs1)c1cc(Br)ccc1F. The largest absolute Gasteiger partial charge is 0.278 e. The van der Waals surface area contributed by atoms with Crippen LogP contribution in [0.3, 0.4) is 0 Å². The summed E-state index contributed by atoms with van der Waals surface area (Å²) in [6.45, 7) is 0. The highest BCUT2D eigenvalue weighted by atomic mass is 79.9. The Hall–Kier alpha value is -2.76. The predicted molar refractivity (Wildman–Crippen MR) is 111 cm³/mol. The van der Waals surface area contributed by atoms with E-state index >= 15 is 0 Å². The molecule has 0 unspecified atom stereocenters. The number of halogens is 2. The number of carbonyl (C=O) groups is 2. The summed E-state index contributed by atoms with van der Waals surface area (Å²) < 4.78 is 41.5. The molecule has 7 nitrogen and oxygen atoms in total. The summed E-state index contributed by atoms with van der Waals surface area (Å²) in [4.78, 5) is 24.6. The van der Waals surface area contributed by atoms with Crippen molar-refractivity contribution in [1.29, 1.82) is 0 Å². The van der Waals surface area contributed by atoms with Gasteiger partial charge in [-0.1, -0.05) is 34.1 Å². The van der Waals surface area contributed by atoms with Gasteiger partial charge in [-0.15, -0.1) is 11.3 Å². The third kappa shape index (κ3) is 5.00. The van der Waals surface area contributed by atoms with E-state index < -0.39 is 27.7 Å². The Balaban J connectivity index is 1.75. The van der Waals surface area contributed by atoms with Crippen molar-refractivity contribution >= 4 is 54.8 Å². The molecule has 0 radical (unpaired) electrons. The van der Waals surface area contributed by atoms with E-state index in [-0.39, 0.29) is 21.0 Å². The smallest absolute Gasteiger partial charge is 0.272 e. The number of thiophene rings is 1. The Morgan fingerprint density at radius 2 is 1.62 bits per heavy atom. The normalized spacial score (nSPS) is 11.0. The first-order valence-corrected chi connectivity index (χ1v) is 11.1. The van der Waals surface area contributed by atoms with Gasteiger partial charge in [0.1, 0.15) is 10.0 Å². The predicted octanol–water partition coefficient (Wildman–Crippen LogP) is 3.53. The zero-order valence-corrected chi connectivity index (χ0v) is 17.7. The Bertz CT molecular complexity index is 1170. The van der Waals surface area contributed by atoms with Gasteiger partial charge in [-0.25, -0.2) is 12.8 Å². The zero-order valence-electron chi connectivity index (χ0n) is 14.5. The molecule has 29 heavy (non-hydrogen) atoms. The molecule has 2 aromatic carbocycles. The number of nitrogens with one attached hydrogen (secondary N) is 3. The number of sulfonamides is 1. The number of anilines is 1. The van der Waals surface area contributed by atoms with Crippen LogP contribution in [0.5, 0.6) is 0 Å². The molecule has 150 valence electrons. The van der Waals surface area contributed by atoms with Crippen molar-refractivity contribution in [2.75, 3.05) is 4.72 Å². The molecule has 11 heteroatoms. The van der Waals surface area contributed by atoms with Gasteiger partial charge in [0.05, 0.1) is 16.8 Å². The number of rotatable bonds is 5. The number of amides is 2. The number of carbonyl (C=O) groups excluding carboxylic acids is 2. The van der Waals surface area contributed by atoms with Crippen LogP contribution < -0.4 is 15.6 Å². The molecule has 2 amide bonds. The van der Waals surface area contributed by atoms with E-state index in [4.69, 9.17) is 0 Å². The number of hydrogen-bond donors (Lipinski definition) is 3. The maximum Gasteiger partial charge on any atom is 0.272 e. The summed E-state index contributed by atoms with van der Waals surface area (Å²) in [6.07, 6.45) is 0. The maximum absolute atomic E-state index is 13.8. The van der Waals surface area contributed by atoms with Crippen LogP contribution in [0.4, 0.5) is 10.1 Å². The van der Waals surface area contributed by atoms with Crippen molar-refractivity contribution in [3.8, 4) is 0 Å². The molecule has 0 saturated carbocycles. The Morgan fingerprint density at radius 1 is 0.931 bits per heavy atom. The molecule has 3 rings (SSSR count). The molecule has 0 spiro atoms. The number of benzene rings is 2. The van der Waals surface area contributed by atoms with Crippen molar-refractivity contribution in [1.82, 2.24) is 10.9 Å². The van der Waals surface area contributed by atoms with Crippen molar-refractivity contribution in [3.63, 3.8) is 0 Å². The molecule has 0 atom stereocenters. The quantitative estimate of drug-likeness (QED) is 0.469. The van der Waals surface area contributed by atoms with E-state index in [2.05, 4.69) is 31.5 Å². The number of hydrogen-bond acceptors (Lipinski definition) is 5. The van der Waals surface area contributed by atoms with Gasteiger partial charge in [0.2, 0.25) is 0 Å². The van der Waals surface area contributed by atoms with Crippen LogP contribution in [0.15, 0.2) is 68.7 Å². The summed E-state index contributed by atoms with van der Waals surface area (Å²) in [6, 6.07) is 12.7. The fraction of sp³-hybridized carbons (Fsp3) is 0. The zero-order chi connectivity index (χ0) is 21.0. The lowest BCUT2D eigenvalue weighted by atomic mass is 10.2. The molecule has 0 aliphatic carbocycles. The van der Waals surface area contributed by atoms with E-state index in [0.29, 0.717) is 4.47 Å². The Kier molecular flexibility index (Phi) is 6.30. The number of para-hydroxylation sites is 1. The molecule has 1 aromatic heterocycles. The molecule has 0 aliphatic rings. The van der Waals surface area contributed by atoms with Crippen LogP contribution in [0.1, 0.15) is 20.7 Å². The highest BCUT2D eigenvalue weighted by molar-refractivity contribution is 9.10. The van der Waals surface area contributed by atoms with Crippen LogP contribution in [0.2, 0.25) is 0 Å². The van der Waals surface area contributed by atoms with Crippen LogP contribution in [-0.4, -0.2) is 20.2 Å². The topological polar surface area (TPSA) is 104 Å². The van der Waals surface area contributed by atoms with Gasteiger partial charge in [0, 0.05) is 4.47 Å². The molecule has 0 aliphatic heterocycles. The second kappa shape index (κ2) is 8.72. The average molecular weight is 498 g/mol. The monoisotopic (exact) mass is 497 g/mol. The van der Waals surface area contributed by atoms with Gasteiger partial charge in [0.15, 0.2) is 0 Å². The van der Waals surface area contributed by atoms with Crippen LogP contribution in [0.25, 0.3) is 0 Å². The third-order valence-electron chi connectivity index (χ3n) is 3.64. The highest BCUT2D eigenvalue weighted by Gasteiger charge is 2.20. The van der Waals surface area contributed by atoms with E-state index in [9.17, 15) is 22.4 Å². The van der Waals surface area contributed by atoms with E-state index in [1.165, 1.54) is 36.4 Å². The fourth-order valence-electron chi connectivity index (χ4n) is 2.30. The van der Waals surface area contributed by atoms with Gasteiger partial charge in [-0.2, -0.15) is 0 Å². The first-order valence-electron chi connectivity index (χ1n) is 7.99. The number of hydrazine groups is 1. The molecule has 3 aromatic rings. The average Bonchev–Trinajstić information content (AvgIpc) is 3.24. The highest BCUT2D eigenvalue weighted by Crippen LogP contribution is 2.23. The minimum atomic E-state index is -3.86. The van der Waals surface area contributed by atoms with E-state index in [1.54, 1.807) is 17.5 Å². The van der Waals surface area contributed by atoms with E-state index in [0.717, 1.165) is 17.4 Å². The Morgan fingerprint density at radius 3 is 2.31 bits per heavy atom. The minimum Gasteiger partial charge on any atom is -0.278 e. The van der Waals surface area contributed by atoms with Crippen LogP contribution in [0, 0.1) is 5.82 Å². The van der Waals surface area contributed by atoms with Crippen LogP contribution in [-0.2, 0) is 10.0 Å². The summed E-state index contributed by atoms with van der Waals surface area (Å²) in [5.41, 5.74) is 3.99. The second-order valence-corrected chi connectivity index (χ2v) is 9.39. The molecule has 0 fully saturated rings. The standard InChI is InChI=1S/C18H13BrFN3O4S2/c19-11-7-8-14(20)13(10-11)18(25)22-21-17(24)12-4-1-2-5-15(12)23-29(26,27)16-6-3-9-28-16/h1-10,23H,(H,21,24)(H,22,25). The first kappa shape index (κ1) is 21.0. The lowest BCUT2D eigenvalue weighted by molar-refractivity contribution is 0.0844. The van der Waals surface area contributed by atoms with Gasteiger partial charge in [-0.05, 0) is 41.8 Å². The van der Waals surface area contributed by atoms with Crippen molar-refractivity contribution in [2.24, 2.45) is 0 Å². The summed E-state index contributed by atoms with van der Waals surface area (Å²) in [7, 11) is -3.86. The molecule has 3 N–H and O–H groups in total. The second-order valence-electron chi connectivity index (χ2n) is 5.62. The molecule has 0 saturated heterocycles. The minimum absolute atomic E-state index is 0.0253. The third-order valence-corrected chi connectivity index (χ3v) is 6.89. The molecular weight excluding hydrogens is 485 g/mol. The summed E-state index contributed by atoms with van der Waals surface area (Å²) in [5, 5.41) is 1.61. The van der Waals surface area contributed by atoms with Crippen LogP contribution >= 0.6 is 27.3 Å². The summed E-state index contributed by atoms with van der Waals surface area (Å²) >= 11 is 4.17. The molecule has 0 bridgehead atoms. The fourth-order valence-corrected chi connectivity index (χ4v) is 4.73. The lowest BCUT2D eigenvalue weighted by Gasteiger charge is -2.13. The van der Waals surface area contributed by atoms with Crippen molar-refractivity contribution in [2.45, 2.75) is 4.21 Å². The van der Waals surface area contributed by atoms with Gasteiger partial charge in [0.25, 0.3) is 21.8 Å². The lowest BCUT2D eigenvalue weighted by Crippen LogP contribution is -2.42. The van der Waals surface area contributed by atoms with Gasteiger partial charge < -0.3 is 0 Å². The Labute approximate surface area is 178 Å².